The van der Waals surface area contributed by atoms with Gasteiger partial charge in [0.15, 0.2) is 5.11 Å². The highest BCUT2D eigenvalue weighted by Crippen LogP contribution is 2.17. The third kappa shape index (κ3) is 6.17. The van der Waals surface area contributed by atoms with Gasteiger partial charge in [-0.3, -0.25) is 0 Å². The molecule has 1 aliphatic rings. The van der Waals surface area contributed by atoms with Gasteiger partial charge in [0.2, 0.25) is 0 Å². The Morgan fingerprint density at radius 3 is 2.52 bits per heavy atom. The molecule has 0 bridgehead atoms. The molecule has 154 valence electrons. The van der Waals surface area contributed by atoms with Crippen LogP contribution >= 0.6 is 12.2 Å². The first kappa shape index (κ1) is 21.1. The molecule has 6 nitrogen and oxygen atoms in total. The van der Waals surface area contributed by atoms with E-state index >= 15 is 0 Å². The Morgan fingerprint density at radius 2 is 1.83 bits per heavy atom. The van der Waals surface area contributed by atoms with Crippen LogP contribution in [0.25, 0.3) is 0 Å². The first-order chi connectivity index (χ1) is 14.0. The molecule has 1 aliphatic heterocycles. The Hall–Kier alpha value is -2.64. The van der Waals surface area contributed by atoms with E-state index in [-0.39, 0.29) is 5.97 Å². The van der Waals surface area contributed by atoms with E-state index < -0.39 is 0 Å². The minimum absolute atomic E-state index is 0.338. The van der Waals surface area contributed by atoms with E-state index in [1.54, 1.807) is 25.1 Å². The van der Waals surface area contributed by atoms with Crippen molar-refractivity contribution in [3.05, 3.63) is 59.7 Å². The van der Waals surface area contributed by atoms with Crippen LogP contribution in [0.5, 0.6) is 0 Å². The van der Waals surface area contributed by atoms with Crippen LogP contribution in [0.2, 0.25) is 0 Å². The van der Waals surface area contributed by atoms with Crippen molar-refractivity contribution in [2.24, 2.45) is 0 Å². The summed E-state index contributed by atoms with van der Waals surface area (Å²) in [5.74, 6) is -0.338. The van der Waals surface area contributed by atoms with Gasteiger partial charge in [0.1, 0.15) is 0 Å². The van der Waals surface area contributed by atoms with Crippen molar-refractivity contribution in [1.29, 1.82) is 0 Å². The van der Waals surface area contributed by atoms with Gasteiger partial charge >= 0.3 is 5.97 Å². The maximum atomic E-state index is 11.8. The molecule has 29 heavy (non-hydrogen) atoms. The number of likely N-dealkylation sites (N-methyl/N-ethyl adjacent to an activating group) is 1. The van der Waals surface area contributed by atoms with Crippen molar-refractivity contribution >= 4 is 34.7 Å². The van der Waals surface area contributed by atoms with Crippen LogP contribution in [-0.2, 0) is 11.3 Å². The molecule has 0 amide bonds. The lowest BCUT2D eigenvalue weighted by atomic mass is 10.2. The van der Waals surface area contributed by atoms with E-state index in [9.17, 15) is 4.79 Å². The molecule has 3 rings (SSSR count). The highest BCUT2D eigenvalue weighted by molar-refractivity contribution is 7.80. The highest BCUT2D eigenvalue weighted by Gasteiger charge is 2.14. The van der Waals surface area contributed by atoms with Gasteiger partial charge in [0.25, 0.3) is 0 Å². The topological polar surface area (TPSA) is 56.8 Å². The number of nitrogens with one attached hydrogen (secondary N) is 2. The summed E-state index contributed by atoms with van der Waals surface area (Å²) in [7, 11) is 2.16. The summed E-state index contributed by atoms with van der Waals surface area (Å²) in [6, 6.07) is 15.7. The molecular formula is C22H28N4O2S. The summed E-state index contributed by atoms with van der Waals surface area (Å²) < 4.78 is 5.03. The summed E-state index contributed by atoms with van der Waals surface area (Å²) in [6.45, 7) is 7.09. The number of anilines is 2. The predicted molar refractivity (Wildman–Crippen MR) is 122 cm³/mol. The second kappa shape index (κ2) is 10.2. The third-order valence-corrected chi connectivity index (χ3v) is 5.14. The number of rotatable bonds is 6. The Kier molecular flexibility index (Phi) is 7.43. The van der Waals surface area contributed by atoms with Crippen LogP contribution in [0.15, 0.2) is 48.5 Å². The molecule has 7 heteroatoms. The van der Waals surface area contributed by atoms with Crippen molar-refractivity contribution in [3.63, 3.8) is 0 Å². The molecule has 1 heterocycles. The predicted octanol–water partition coefficient (Wildman–Crippen LogP) is 3.10. The summed E-state index contributed by atoms with van der Waals surface area (Å²) in [6.07, 6.45) is 0. The molecule has 0 aliphatic carbocycles. The number of hydrogen-bond donors (Lipinski definition) is 2. The second-order valence-electron chi connectivity index (χ2n) is 7.07. The van der Waals surface area contributed by atoms with Crippen LogP contribution in [-0.4, -0.2) is 55.8 Å². The van der Waals surface area contributed by atoms with Crippen molar-refractivity contribution in [1.82, 2.24) is 10.2 Å². The van der Waals surface area contributed by atoms with E-state index in [0.29, 0.717) is 23.8 Å². The molecule has 1 saturated heterocycles. The summed E-state index contributed by atoms with van der Waals surface area (Å²) in [5, 5.41) is 6.83. The van der Waals surface area contributed by atoms with Crippen LogP contribution in [0.3, 0.4) is 0 Å². The molecule has 0 radical (unpaired) electrons. The smallest absolute Gasteiger partial charge is 0.338 e. The lowest BCUT2D eigenvalue weighted by molar-refractivity contribution is 0.0526. The fraction of sp³-hybridized carbons (Fsp3) is 0.364. The van der Waals surface area contributed by atoms with E-state index in [1.165, 1.54) is 5.69 Å². The number of benzene rings is 2. The average molecular weight is 413 g/mol. The second-order valence-corrected chi connectivity index (χ2v) is 7.47. The Bertz CT molecular complexity index is 833. The van der Waals surface area contributed by atoms with Gasteiger partial charge < -0.3 is 25.2 Å². The van der Waals surface area contributed by atoms with Crippen molar-refractivity contribution in [3.8, 4) is 0 Å². The molecule has 0 atom stereocenters. The largest absolute Gasteiger partial charge is 0.462 e. The molecule has 2 aromatic rings. The van der Waals surface area contributed by atoms with Crippen molar-refractivity contribution in [2.45, 2.75) is 13.5 Å². The van der Waals surface area contributed by atoms with Gasteiger partial charge in [-0.05, 0) is 62.1 Å². The molecule has 2 aromatic carbocycles. The minimum atomic E-state index is -0.338. The number of esters is 1. The third-order valence-electron chi connectivity index (χ3n) is 4.89. The zero-order valence-electron chi connectivity index (χ0n) is 17.0. The Balaban J connectivity index is 1.49. The van der Waals surface area contributed by atoms with Gasteiger partial charge in [-0.15, -0.1) is 0 Å². The number of carbonyl (C=O) groups is 1. The fourth-order valence-corrected chi connectivity index (χ4v) is 3.38. The molecule has 0 aromatic heterocycles. The molecule has 1 fully saturated rings. The van der Waals surface area contributed by atoms with Gasteiger partial charge in [0.05, 0.1) is 12.2 Å². The zero-order valence-corrected chi connectivity index (χ0v) is 17.8. The maximum Gasteiger partial charge on any atom is 0.338 e. The van der Waals surface area contributed by atoms with Crippen molar-refractivity contribution in [2.75, 3.05) is 50.1 Å². The van der Waals surface area contributed by atoms with E-state index in [4.69, 9.17) is 17.0 Å². The number of hydrogen-bond acceptors (Lipinski definition) is 5. The quantitative estimate of drug-likeness (QED) is 0.558. The number of piperazine rings is 1. The summed E-state index contributed by atoms with van der Waals surface area (Å²) in [4.78, 5) is 16.6. The Labute approximate surface area is 177 Å². The lowest BCUT2D eigenvalue weighted by Crippen LogP contribution is -2.44. The average Bonchev–Trinajstić information content (AvgIpc) is 2.74. The summed E-state index contributed by atoms with van der Waals surface area (Å²) >= 11 is 5.38. The number of nitrogens with zero attached hydrogens (tertiary/aromatic N) is 2. The normalized spacial score (nSPS) is 14.3. The summed E-state index contributed by atoms with van der Waals surface area (Å²) in [5.41, 5.74) is 3.67. The fourth-order valence-electron chi connectivity index (χ4n) is 3.19. The van der Waals surface area contributed by atoms with Gasteiger partial charge in [-0.25, -0.2) is 4.79 Å². The zero-order chi connectivity index (χ0) is 20.6. The van der Waals surface area contributed by atoms with Gasteiger partial charge in [0, 0.05) is 44.1 Å². The number of thiocarbonyl (C=S) groups is 1. The van der Waals surface area contributed by atoms with E-state index in [2.05, 4.69) is 51.7 Å². The molecule has 2 N–H and O–H groups in total. The molecule has 0 unspecified atom stereocenters. The first-order valence-electron chi connectivity index (χ1n) is 9.89. The monoisotopic (exact) mass is 412 g/mol. The van der Waals surface area contributed by atoms with Crippen LogP contribution < -0.4 is 15.5 Å². The van der Waals surface area contributed by atoms with E-state index in [1.807, 2.05) is 6.07 Å². The molecule has 0 saturated carbocycles. The lowest BCUT2D eigenvalue weighted by Gasteiger charge is -2.34. The molecule has 0 spiro atoms. The number of carbonyl (C=O) groups excluding carboxylic acids is 1. The van der Waals surface area contributed by atoms with Crippen LogP contribution in [0.1, 0.15) is 22.8 Å². The van der Waals surface area contributed by atoms with Crippen LogP contribution in [0, 0.1) is 0 Å². The SMILES string of the molecule is CCOC(=O)c1cccc(NC(=S)NCc2ccc(N3CCN(C)CC3)cc2)c1. The minimum Gasteiger partial charge on any atom is -0.462 e. The van der Waals surface area contributed by atoms with Crippen LogP contribution in [0.4, 0.5) is 11.4 Å². The van der Waals surface area contributed by atoms with Crippen molar-refractivity contribution < 1.29 is 9.53 Å². The highest BCUT2D eigenvalue weighted by atomic mass is 32.1. The number of ether oxygens (including phenoxy) is 1. The van der Waals surface area contributed by atoms with Gasteiger partial charge in [-0.1, -0.05) is 18.2 Å². The molecular weight excluding hydrogens is 384 g/mol. The van der Waals surface area contributed by atoms with E-state index in [0.717, 1.165) is 37.4 Å². The van der Waals surface area contributed by atoms with Gasteiger partial charge in [-0.2, -0.15) is 0 Å². The maximum absolute atomic E-state index is 11.8. The standard InChI is InChI=1S/C22H28N4O2S/c1-3-28-21(27)18-5-4-6-19(15-18)24-22(29)23-16-17-7-9-20(10-8-17)26-13-11-25(2)12-14-26/h4-10,15H,3,11-14,16H2,1-2H3,(H2,23,24,29). The first-order valence-corrected chi connectivity index (χ1v) is 10.3. The Morgan fingerprint density at radius 1 is 1.10 bits per heavy atom.